The van der Waals surface area contributed by atoms with E-state index in [0.717, 1.165) is 6.07 Å². The fourth-order valence-corrected chi connectivity index (χ4v) is 4.04. The zero-order valence-corrected chi connectivity index (χ0v) is 18.6. The molecule has 4 N–H and O–H groups in total. The van der Waals surface area contributed by atoms with Crippen LogP contribution >= 0.6 is 0 Å². The molecule has 0 atom stereocenters. The molecule has 1 heterocycles. The van der Waals surface area contributed by atoms with E-state index in [4.69, 9.17) is 5.73 Å². The molecule has 0 bridgehead atoms. The summed E-state index contributed by atoms with van der Waals surface area (Å²) in [6.07, 6.45) is 1.20. The number of nitrogens with zero attached hydrogens (tertiary/aromatic N) is 1. The number of aromatic nitrogens is 1. The van der Waals surface area contributed by atoms with E-state index in [-0.39, 0.29) is 17.0 Å². The van der Waals surface area contributed by atoms with Crippen LogP contribution < -0.4 is 10.6 Å². The number of hydrogen-bond donors (Lipinski definition) is 3. The monoisotopic (exact) mass is 445 g/mol. The molecule has 168 valence electrons. The van der Waals surface area contributed by atoms with E-state index in [9.17, 15) is 14.7 Å². The van der Waals surface area contributed by atoms with Crippen LogP contribution in [0.15, 0.2) is 61.2 Å². The molecule has 0 aliphatic carbocycles. The van der Waals surface area contributed by atoms with Crippen LogP contribution in [0.1, 0.15) is 29.8 Å². The predicted molar refractivity (Wildman–Crippen MR) is 129 cm³/mol. The highest BCUT2D eigenvalue weighted by atomic mass is 19.1. The van der Waals surface area contributed by atoms with Crippen LogP contribution in [0.3, 0.4) is 0 Å². The van der Waals surface area contributed by atoms with Gasteiger partial charge in [0, 0.05) is 34.6 Å². The van der Waals surface area contributed by atoms with Crippen molar-refractivity contribution in [3.8, 4) is 11.1 Å². The lowest BCUT2D eigenvalue weighted by atomic mass is 9.93. The minimum atomic E-state index is -1.08. The number of fused-ring (bicyclic) bond motifs is 3. The molecular formula is C26H24FN3O3. The predicted octanol–water partition coefficient (Wildman–Crippen LogP) is 4.60. The number of carbonyl (C=O) groups is 2. The Hall–Kier alpha value is -3.97. The number of H-pyrrole nitrogens is 1. The Labute approximate surface area is 190 Å². The van der Waals surface area contributed by atoms with Crippen molar-refractivity contribution < 1.29 is 19.1 Å². The molecule has 0 spiro atoms. The number of carbonyl (C=O) groups excluding carboxylic acids is 2. The number of primary amides is 1. The van der Waals surface area contributed by atoms with Gasteiger partial charge in [-0.2, -0.15) is 0 Å². The van der Waals surface area contributed by atoms with Crippen LogP contribution in [0.25, 0.3) is 32.9 Å². The Kier molecular flexibility index (Phi) is 5.30. The van der Waals surface area contributed by atoms with Crippen molar-refractivity contribution in [1.82, 2.24) is 4.98 Å². The first-order valence-corrected chi connectivity index (χ1v) is 10.3. The first kappa shape index (κ1) is 22.2. The Balaban J connectivity index is 2.06. The van der Waals surface area contributed by atoms with Gasteiger partial charge in [0.1, 0.15) is 5.82 Å². The first-order valence-electron chi connectivity index (χ1n) is 10.3. The van der Waals surface area contributed by atoms with Crippen molar-refractivity contribution in [2.24, 2.45) is 5.73 Å². The van der Waals surface area contributed by atoms with Gasteiger partial charge in [0.25, 0.3) is 5.91 Å². The summed E-state index contributed by atoms with van der Waals surface area (Å²) in [6, 6.07) is 13.4. The molecule has 4 aromatic rings. The third-order valence-corrected chi connectivity index (χ3v) is 5.83. The molecule has 33 heavy (non-hydrogen) atoms. The Morgan fingerprint density at radius 1 is 1.18 bits per heavy atom. The van der Waals surface area contributed by atoms with E-state index >= 15 is 4.39 Å². The average Bonchev–Trinajstić information content (AvgIpc) is 3.15. The summed E-state index contributed by atoms with van der Waals surface area (Å²) in [4.78, 5) is 28.8. The summed E-state index contributed by atoms with van der Waals surface area (Å²) in [6.45, 7) is 6.84. The number of benzene rings is 3. The zero-order valence-electron chi connectivity index (χ0n) is 18.6. The standard InChI is InChI=1S/C26H24FN3O3/c1-5-21(31)30(4)16-8-6-7-14(11-16)22-19(27)13-18(25(28)32)24-23(22)17-10-9-15(26(2,3)33)12-20(17)29-24/h5-13,29,33H,1H2,2-4H3,(H2,28,32). The van der Waals surface area contributed by atoms with E-state index in [1.165, 1.54) is 11.0 Å². The highest BCUT2D eigenvalue weighted by molar-refractivity contribution is 6.20. The van der Waals surface area contributed by atoms with Gasteiger partial charge in [0.05, 0.1) is 16.7 Å². The topological polar surface area (TPSA) is 99.4 Å². The second-order valence-corrected chi connectivity index (χ2v) is 8.49. The highest BCUT2D eigenvalue weighted by Gasteiger charge is 2.23. The summed E-state index contributed by atoms with van der Waals surface area (Å²) >= 11 is 0. The summed E-state index contributed by atoms with van der Waals surface area (Å²) < 4.78 is 15.5. The van der Waals surface area contributed by atoms with Crippen LogP contribution in [0.2, 0.25) is 0 Å². The van der Waals surface area contributed by atoms with Crippen LogP contribution in [-0.2, 0) is 10.4 Å². The van der Waals surface area contributed by atoms with Gasteiger partial charge >= 0.3 is 0 Å². The Bertz CT molecular complexity index is 1450. The molecule has 6 nitrogen and oxygen atoms in total. The number of likely N-dealkylation sites (N-methyl/N-ethyl adjacent to an activating group) is 1. The third kappa shape index (κ3) is 3.76. The average molecular weight is 445 g/mol. The van der Waals surface area contributed by atoms with Gasteiger partial charge in [-0.15, -0.1) is 0 Å². The van der Waals surface area contributed by atoms with Crippen molar-refractivity contribution in [3.63, 3.8) is 0 Å². The molecular weight excluding hydrogens is 421 g/mol. The van der Waals surface area contributed by atoms with Crippen LogP contribution in [0.5, 0.6) is 0 Å². The lowest BCUT2D eigenvalue weighted by Gasteiger charge is -2.18. The van der Waals surface area contributed by atoms with E-state index in [1.807, 2.05) is 0 Å². The number of nitrogens with two attached hydrogens (primary N) is 1. The quantitative estimate of drug-likeness (QED) is 0.392. The van der Waals surface area contributed by atoms with Crippen molar-refractivity contribution in [2.75, 3.05) is 11.9 Å². The summed E-state index contributed by atoms with van der Waals surface area (Å²) in [5.41, 5.74) is 7.57. The van der Waals surface area contributed by atoms with Crippen LogP contribution in [-0.4, -0.2) is 29.0 Å². The number of aliphatic hydroxyl groups is 1. The Morgan fingerprint density at radius 3 is 2.55 bits per heavy atom. The SMILES string of the molecule is C=CC(=O)N(C)c1cccc(-c2c(F)cc(C(N)=O)c3[nH]c4cc(C(C)(C)O)ccc4c23)c1. The maximum Gasteiger partial charge on any atom is 0.250 e. The van der Waals surface area contributed by atoms with Gasteiger partial charge in [-0.3, -0.25) is 9.59 Å². The number of rotatable bonds is 5. The van der Waals surface area contributed by atoms with Gasteiger partial charge < -0.3 is 20.7 Å². The lowest BCUT2D eigenvalue weighted by Crippen LogP contribution is -2.23. The normalized spacial score (nSPS) is 11.7. The number of aromatic amines is 1. The fraction of sp³-hybridized carbons (Fsp3) is 0.154. The van der Waals surface area contributed by atoms with E-state index < -0.39 is 17.3 Å². The number of halogens is 1. The van der Waals surface area contributed by atoms with Gasteiger partial charge in [-0.1, -0.05) is 30.8 Å². The van der Waals surface area contributed by atoms with Gasteiger partial charge in [0.15, 0.2) is 0 Å². The van der Waals surface area contributed by atoms with E-state index in [0.29, 0.717) is 38.6 Å². The van der Waals surface area contributed by atoms with Crippen molar-refractivity contribution >= 4 is 39.3 Å². The van der Waals surface area contributed by atoms with Crippen LogP contribution in [0, 0.1) is 5.82 Å². The number of nitrogens with one attached hydrogen (secondary N) is 1. The van der Waals surface area contributed by atoms with E-state index in [2.05, 4.69) is 11.6 Å². The second kappa shape index (κ2) is 7.86. The summed E-state index contributed by atoms with van der Waals surface area (Å²) in [5.74, 6) is -1.67. The minimum absolute atomic E-state index is 0.0300. The lowest BCUT2D eigenvalue weighted by molar-refractivity contribution is -0.113. The van der Waals surface area contributed by atoms with Crippen molar-refractivity contribution in [1.29, 1.82) is 0 Å². The molecule has 0 aliphatic rings. The maximum absolute atomic E-state index is 15.5. The summed E-state index contributed by atoms with van der Waals surface area (Å²) in [7, 11) is 1.61. The molecule has 0 saturated heterocycles. The van der Waals surface area contributed by atoms with Crippen molar-refractivity contribution in [3.05, 3.63) is 78.1 Å². The number of amides is 2. The van der Waals surface area contributed by atoms with Gasteiger partial charge in [0.2, 0.25) is 5.91 Å². The first-order chi connectivity index (χ1) is 15.5. The number of anilines is 1. The molecule has 0 unspecified atom stereocenters. The maximum atomic E-state index is 15.5. The highest BCUT2D eigenvalue weighted by Crippen LogP contribution is 2.40. The molecule has 0 aliphatic heterocycles. The number of hydrogen-bond acceptors (Lipinski definition) is 3. The second-order valence-electron chi connectivity index (χ2n) is 8.49. The molecule has 0 radical (unpaired) electrons. The zero-order chi connectivity index (χ0) is 24.1. The molecule has 0 saturated carbocycles. The fourth-order valence-electron chi connectivity index (χ4n) is 4.04. The molecule has 2 amide bonds. The van der Waals surface area contributed by atoms with Gasteiger partial charge in [-0.25, -0.2) is 4.39 Å². The third-order valence-electron chi connectivity index (χ3n) is 5.83. The summed E-state index contributed by atoms with van der Waals surface area (Å²) in [5, 5.41) is 11.6. The van der Waals surface area contributed by atoms with Crippen LogP contribution in [0.4, 0.5) is 10.1 Å². The molecule has 3 aromatic carbocycles. The minimum Gasteiger partial charge on any atom is -0.386 e. The molecule has 1 aromatic heterocycles. The largest absolute Gasteiger partial charge is 0.386 e. The Morgan fingerprint density at radius 2 is 1.91 bits per heavy atom. The van der Waals surface area contributed by atoms with E-state index in [1.54, 1.807) is 63.4 Å². The molecule has 7 heteroatoms. The smallest absolute Gasteiger partial charge is 0.250 e. The van der Waals surface area contributed by atoms with Gasteiger partial charge in [-0.05, 0) is 55.3 Å². The molecule has 4 rings (SSSR count). The molecule has 0 fully saturated rings. The van der Waals surface area contributed by atoms with Crippen molar-refractivity contribution in [2.45, 2.75) is 19.4 Å².